The van der Waals surface area contributed by atoms with Crippen LogP contribution in [-0.2, 0) is 0 Å². The molecule has 0 aromatic rings. The lowest BCUT2D eigenvalue weighted by Gasteiger charge is -2.41. The molecule has 0 nitrogen and oxygen atoms in total. The zero-order chi connectivity index (χ0) is 13.6. The van der Waals surface area contributed by atoms with Gasteiger partial charge in [0.05, 0.1) is 0 Å². The van der Waals surface area contributed by atoms with E-state index in [9.17, 15) is 35.1 Å². The van der Waals surface area contributed by atoms with Crippen molar-refractivity contribution in [2.45, 2.75) is 39.0 Å². The van der Waals surface area contributed by atoms with Crippen molar-refractivity contribution in [1.82, 2.24) is 0 Å². The van der Waals surface area contributed by atoms with Crippen LogP contribution < -0.4 is 0 Å². The summed E-state index contributed by atoms with van der Waals surface area (Å²) in [5, 5.41) is 0. The zero-order valence-electron chi connectivity index (χ0n) is 8.60. The standard InChI is InChI=1S/C8H10F8/c1-4(2)6(9,10)5(3,7(11,12)13)8(14,15)16/h4H,1-3H3. The first-order valence-corrected chi connectivity index (χ1v) is 4.21. The summed E-state index contributed by atoms with van der Waals surface area (Å²) in [5.74, 6) is -7.01. The summed E-state index contributed by atoms with van der Waals surface area (Å²) in [5.41, 5.74) is -5.04. The summed E-state index contributed by atoms with van der Waals surface area (Å²) < 4.78 is 99.8. The largest absolute Gasteiger partial charge is 0.408 e. The van der Waals surface area contributed by atoms with Crippen LogP contribution in [0.1, 0.15) is 20.8 Å². The average molecular weight is 258 g/mol. The Morgan fingerprint density at radius 2 is 0.938 bits per heavy atom. The topological polar surface area (TPSA) is 0 Å². The molecule has 0 N–H and O–H groups in total. The highest BCUT2D eigenvalue weighted by Gasteiger charge is 2.79. The Hall–Kier alpha value is -0.560. The second kappa shape index (κ2) is 3.73. The minimum absolute atomic E-state index is 0.521. The fourth-order valence-electron chi connectivity index (χ4n) is 1.12. The maximum Gasteiger partial charge on any atom is 0.408 e. The third-order valence-corrected chi connectivity index (χ3v) is 2.53. The van der Waals surface area contributed by atoms with Gasteiger partial charge in [-0.15, -0.1) is 0 Å². The molecule has 0 rings (SSSR count). The molecule has 98 valence electrons. The Morgan fingerprint density at radius 1 is 0.688 bits per heavy atom. The molecule has 0 spiro atoms. The molecule has 0 radical (unpaired) electrons. The summed E-state index contributed by atoms with van der Waals surface area (Å²) in [6.07, 6.45) is -12.1. The van der Waals surface area contributed by atoms with Crippen molar-refractivity contribution in [1.29, 1.82) is 0 Å². The lowest BCUT2D eigenvalue weighted by atomic mass is 9.76. The lowest BCUT2D eigenvalue weighted by Crippen LogP contribution is -2.61. The smallest absolute Gasteiger partial charge is 0.205 e. The second-order valence-electron chi connectivity index (χ2n) is 3.90. The first kappa shape index (κ1) is 15.4. The van der Waals surface area contributed by atoms with Crippen LogP contribution in [0, 0.1) is 11.3 Å². The van der Waals surface area contributed by atoms with Crippen molar-refractivity contribution in [3.63, 3.8) is 0 Å². The molecular weight excluding hydrogens is 248 g/mol. The van der Waals surface area contributed by atoms with E-state index < -0.39 is 36.5 Å². The van der Waals surface area contributed by atoms with Crippen LogP contribution in [0.5, 0.6) is 0 Å². The van der Waals surface area contributed by atoms with Gasteiger partial charge in [-0.3, -0.25) is 0 Å². The van der Waals surface area contributed by atoms with Crippen LogP contribution in [0.3, 0.4) is 0 Å². The van der Waals surface area contributed by atoms with Gasteiger partial charge in [-0.25, -0.2) is 8.78 Å². The van der Waals surface area contributed by atoms with E-state index in [2.05, 4.69) is 0 Å². The lowest BCUT2D eigenvalue weighted by molar-refractivity contribution is -0.399. The van der Waals surface area contributed by atoms with E-state index in [1.807, 2.05) is 0 Å². The van der Waals surface area contributed by atoms with Crippen molar-refractivity contribution in [2.24, 2.45) is 11.3 Å². The number of hydrogen-bond donors (Lipinski definition) is 0. The number of rotatable bonds is 2. The van der Waals surface area contributed by atoms with Crippen LogP contribution in [0.25, 0.3) is 0 Å². The summed E-state index contributed by atoms with van der Waals surface area (Å²) >= 11 is 0. The molecule has 0 aliphatic rings. The highest BCUT2D eigenvalue weighted by atomic mass is 19.4. The zero-order valence-corrected chi connectivity index (χ0v) is 8.60. The summed E-state index contributed by atoms with van der Waals surface area (Å²) in [7, 11) is 0. The van der Waals surface area contributed by atoms with Gasteiger partial charge in [0, 0.05) is 5.92 Å². The first-order chi connectivity index (χ1) is 6.69. The summed E-state index contributed by atoms with van der Waals surface area (Å²) in [4.78, 5) is 0. The minimum atomic E-state index is -6.07. The fraction of sp³-hybridized carbons (Fsp3) is 1.00. The van der Waals surface area contributed by atoms with Gasteiger partial charge in [0.25, 0.3) is 5.92 Å². The van der Waals surface area contributed by atoms with Crippen LogP contribution in [-0.4, -0.2) is 18.3 Å². The predicted molar refractivity (Wildman–Crippen MR) is 40.0 cm³/mol. The molecular formula is C8H10F8. The highest BCUT2D eigenvalue weighted by molar-refractivity contribution is 5.01. The van der Waals surface area contributed by atoms with Crippen LogP contribution >= 0.6 is 0 Å². The van der Waals surface area contributed by atoms with Gasteiger partial charge in [-0.2, -0.15) is 26.3 Å². The molecule has 0 unspecified atom stereocenters. The maximum atomic E-state index is 13.1. The third kappa shape index (κ3) is 1.98. The minimum Gasteiger partial charge on any atom is -0.205 e. The molecule has 0 saturated carbocycles. The molecule has 0 aliphatic heterocycles. The molecule has 0 heterocycles. The molecule has 0 amide bonds. The SMILES string of the molecule is CC(C)C(F)(F)C(C)(C(F)(F)F)C(F)(F)F. The van der Waals surface area contributed by atoms with Crippen molar-refractivity contribution < 1.29 is 35.1 Å². The van der Waals surface area contributed by atoms with Crippen molar-refractivity contribution in [2.75, 3.05) is 0 Å². The van der Waals surface area contributed by atoms with Gasteiger partial charge in [-0.1, -0.05) is 13.8 Å². The fourth-order valence-corrected chi connectivity index (χ4v) is 1.12. The van der Waals surface area contributed by atoms with Crippen molar-refractivity contribution >= 4 is 0 Å². The van der Waals surface area contributed by atoms with Gasteiger partial charge in [-0.05, 0) is 6.92 Å². The normalized spacial score (nSPS) is 15.8. The van der Waals surface area contributed by atoms with Crippen LogP contribution in [0.15, 0.2) is 0 Å². The Morgan fingerprint density at radius 3 is 1.00 bits per heavy atom. The molecule has 0 aromatic heterocycles. The maximum absolute atomic E-state index is 13.1. The molecule has 0 aliphatic carbocycles. The molecule has 0 atom stereocenters. The Kier molecular flexibility index (Phi) is 3.60. The monoisotopic (exact) mass is 258 g/mol. The van der Waals surface area contributed by atoms with E-state index >= 15 is 0 Å². The van der Waals surface area contributed by atoms with Gasteiger partial charge in [0.15, 0.2) is 0 Å². The molecule has 16 heavy (non-hydrogen) atoms. The van der Waals surface area contributed by atoms with Gasteiger partial charge in [0.2, 0.25) is 5.41 Å². The Labute approximate surface area is 86.6 Å². The van der Waals surface area contributed by atoms with E-state index in [1.54, 1.807) is 0 Å². The van der Waals surface area contributed by atoms with Gasteiger partial charge >= 0.3 is 12.4 Å². The molecule has 0 aromatic carbocycles. The average Bonchev–Trinajstić information content (AvgIpc) is 1.97. The number of alkyl halides is 8. The molecule has 0 bridgehead atoms. The van der Waals surface area contributed by atoms with Gasteiger partial charge < -0.3 is 0 Å². The van der Waals surface area contributed by atoms with E-state index in [-0.39, 0.29) is 0 Å². The highest BCUT2D eigenvalue weighted by Crippen LogP contribution is 2.60. The van der Waals surface area contributed by atoms with E-state index in [1.165, 1.54) is 0 Å². The second-order valence-corrected chi connectivity index (χ2v) is 3.90. The molecule has 0 saturated heterocycles. The Balaban J connectivity index is 5.81. The Bertz CT molecular complexity index is 232. The summed E-state index contributed by atoms with van der Waals surface area (Å²) in [6, 6.07) is 0. The van der Waals surface area contributed by atoms with E-state index in [0.717, 1.165) is 0 Å². The van der Waals surface area contributed by atoms with Crippen molar-refractivity contribution in [3.8, 4) is 0 Å². The van der Waals surface area contributed by atoms with Crippen molar-refractivity contribution in [3.05, 3.63) is 0 Å². The third-order valence-electron chi connectivity index (χ3n) is 2.53. The van der Waals surface area contributed by atoms with Gasteiger partial charge in [0.1, 0.15) is 0 Å². The van der Waals surface area contributed by atoms with Crippen LogP contribution in [0.4, 0.5) is 35.1 Å². The number of halogens is 8. The molecule has 8 heteroatoms. The van der Waals surface area contributed by atoms with Crippen LogP contribution in [0.2, 0.25) is 0 Å². The quantitative estimate of drug-likeness (QED) is 0.643. The number of hydrogen-bond acceptors (Lipinski definition) is 0. The summed E-state index contributed by atoms with van der Waals surface area (Å²) in [6.45, 7) is 0.693. The van der Waals surface area contributed by atoms with E-state index in [0.29, 0.717) is 13.8 Å². The first-order valence-electron chi connectivity index (χ1n) is 4.21. The molecule has 0 fully saturated rings. The predicted octanol–water partition coefficient (Wildman–Crippen LogP) is 4.41. The van der Waals surface area contributed by atoms with E-state index in [4.69, 9.17) is 0 Å².